The summed E-state index contributed by atoms with van der Waals surface area (Å²) in [4.78, 5) is 11.8. The molecule has 3 rings (SSSR count). The van der Waals surface area contributed by atoms with Gasteiger partial charge in [0, 0.05) is 6.42 Å². The molecule has 0 spiro atoms. The highest BCUT2D eigenvalue weighted by atomic mass is 16.7. The normalized spacial score (nSPS) is 11.8. The van der Waals surface area contributed by atoms with Crippen molar-refractivity contribution in [2.75, 3.05) is 6.79 Å². The van der Waals surface area contributed by atoms with Gasteiger partial charge in [-0.05, 0) is 41.8 Å². The van der Waals surface area contributed by atoms with E-state index in [0.29, 0.717) is 24.2 Å². The van der Waals surface area contributed by atoms with Crippen LogP contribution in [-0.4, -0.2) is 12.8 Å². The summed E-state index contributed by atoms with van der Waals surface area (Å²) in [5.41, 5.74) is 2.45. The number of hydrogen-bond donors (Lipinski definition) is 0. The molecule has 0 bridgehead atoms. The average molecular weight is 309 g/mol. The summed E-state index contributed by atoms with van der Waals surface area (Å²) in [6.45, 7) is 0.455. The maximum Gasteiger partial charge on any atom is 0.306 e. The van der Waals surface area contributed by atoms with E-state index in [4.69, 9.17) is 19.5 Å². The van der Waals surface area contributed by atoms with Crippen molar-refractivity contribution in [3.63, 3.8) is 0 Å². The number of benzene rings is 2. The van der Waals surface area contributed by atoms with Crippen LogP contribution in [0.4, 0.5) is 0 Å². The molecule has 0 aliphatic carbocycles. The molecule has 0 saturated heterocycles. The molecule has 1 aliphatic heterocycles. The smallest absolute Gasteiger partial charge is 0.306 e. The zero-order chi connectivity index (χ0) is 16.1. The van der Waals surface area contributed by atoms with E-state index in [-0.39, 0.29) is 19.4 Å². The molecule has 5 heteroatoms. The van der Waals surface area contributed by atoms with E-state index in [0.717, 1.165) is 16.9 Å². The Bertz CT molecular complexity index is 747. The molecular formula is C18H15NO4. The number of fused-ring (bicyclic) bond motifs is 1. The number of carbonyl (C=O) groups excluding carboxylic acids is 1. The minimum absolute atomic E-state index is 0.214. The Hall–Kier alpha value is -3.00. The lowest BCUT2D eigenvalue weighted by atomic mass is 10.1. The van der Waals surface area contributed by atoms with Gasteiger partial charge in [-0.1, -0.05) is 18.2 Å². The quantitative estimate of drug-likeness (QED) is 0.794. The van der Waals surface area contributed by atoms with E-state index >= 15 is 0 Å². The molecule has 1 aliphatic rings. The van der Waals surface area contributed by atoms with E-state index in [2.05, 4.69) is 0 Å². The van der Waals surface area contributed by atoms with Crippen LogP contribution in [0.5, 0.6) is 11.5 Å². The fourth-order valence-electron chi connectivity index (χ4n) is 2.25. The highest BCUT2D eigenvalue weighted by Crippen LogP contribution is 2.32. The Balaban J connectivity index is 1.47. The van der Waals surface area contributed by atoms with E-state index in [1.54, 1.807) is 24.3 Å². The minimum Gasteiger partial charge on any atom is -0.461 e. The number of aryl methyl sites for hydroxylation is 1. The third-order valence-electron chi connectivity index (χ3n) is 3.54. The number of rotatable bonds is 5. The number of ether oxygens (including phenoxy) is 3. The van der Waals surface area contributed by atoms with Gasteiger partial charge in [0.1, 0.15) is 6.61 Å². The molecule has 0 radical (unpaired) electrons. The Morgan fingerprint density at radius 3 is 2.61 bits per heavy atom. The summed E-state index contributed by atoms with van der Waals surface area (Å²) in [6.07, 6.45) is 0.888. The molecule has 116 valence electrons. The predicted octanol–water partition coefficient (Wildman–Crippen LogP) is 2.96. The van der Waals surface area contributed by atoms with E-state index in [1.807, 2.05) is 24.3 Å². The van der Waals surface area contributed by atoms with E-state index < -0.39 is 0 Å². The van der Waals surface area contributed by atoms with Gasteiger partial charge in [-0.3, -0.25) is 4.79 Å². The van der Waals surface area contributed by atoms with Gasteiger partial charge in [0.15, 0.2) is 11.5 Å². The molecule has 0 amide bonds. The summed E-state index contributed by atoms with van der Waals surface area (Å²) < 4.78 is 15.8. The molecule has 0 N–H and O–H groups in total. The van der Waals surface area contributed by atoms with Crippen LogP contribution >= 0.6 is 0 Å². The number of carbonyl (C=O) groups is 1. The van der Waals surface area contributed by atoms with Crippen LogP contribution in [0.1, 0.15) is 23.1 Å². The molecule has 0 saturated carbocycles. The molecular weight excluding hydrogens is 294 g/mol. The maximum atomic E-state index is 11.8. The molecule has 1 heterocycles. The third kappa shape index (κ3) is 3.80. The van der Waals surface area contributed by atoms with Crippen LogP contribution in [-0.2, 0) is 22.6 Å². The fourth-order valence-corrected chi connectivity index (χ4v) is 2.25. The zero-order valence-corrected chi connectivity index (χ0v) is 12.5. The van der Waals surface area contributed by atoms with Crippen molar-refractivity contribution in [2.24, 2.45) is 0 Å². The number of esters is 1. The van der Waals surface area contributed by atoms with Crippen LogP contribution in [0, 0.1) is 11.3 Å². The second-order valence-electron chi connectivity index (χ2n) is 5.16. The van der Waals surface area contributed by atoms with Crippen molar-refractivity contribution in [3.05, 3.63) is 59.2 Å². The Morgan fingerprint density at radius 2 is 1.83 bits per heavy atom. The summed E-state index contributed by atoms with van der Waals surface area (Å²) in [7, 11) is 0. The van der Waals surface area contributed by atoms with Crippen LogP contribution in [0.25, 0.3) is 0 Å². The minimum atomic E-state index is -0.257. The fraction of sp³-hybridized carbons (Fsp3) is 0.222. The van der Waals surface area contributed by atoms with Crippen molar-refractivity contribution in [1.82, 2.24) is 0 Å². The lowest BCUT2D eigenvalue weighted by molar-refractivity contribution is -0.144. The summed E-state index contributed by atoms with van der Waals surface area (Å²) in [5.74, 6) is 1.19. The summed E-state index contributed by atoms with van der Waals surface area (Å²) >= 11 is 0. The lowest BCUT2D eigenvalue weighted by Crippen LogP contribution is -2.06. The average Bonchev–Trinajstić information content (AvgIpc) is 3.06. The lowest BCUT2D eigenvalue weighted by Gasteiger charge is -2.06. The van der Waals surface area contributed by atoms with Crippen molar-refractivity contribution in [1.29, 1.82) is 5.26 Å². The van der Waals surface area contributed by atoms with Crippen molar-refractivity contribution in [3.8, 4) is 17.6 Å². The first-order chi connectivity index (χ1) is 11.2. The van der Waals surface area contributed by atoms with Crippen molar-refractivity contribution >= 4 is 5.97 Å². The van der Waals surface area contributed by atoms with Crippen molar-refractivity contribution < 1.29 is 19.0 Å². The molecule has 2 aromatic carbocycles. The molecule has 0 unspecified atom stereocenters. The number of hydrogen-bond acceptors (Lipinski definition) is 5. The second-order valence-corrected chi connectivity index (χ2v) is 5.16. The first kappa shape index (κ1) is 14.9. The molecule has 23 heavy (non-hydrogen) atoms. The SMILES string of the molecule is N#Cc1ccc(COC(=O)CCc2ccc3c(c2)OCO3)cc1. The van der Waals surface area contributed by atoms with Crippen LogP contribution < -0.4 is 9.47 Å². The first-order valence-corrected chi connectivity index (χ1v) is 7.28. The van der Waals surface area contributed by atoms with Gasteiger partial charge in [-0.2, -0.15) is 5.26 Å². The topological polar surface area (TPSA) is 68.5 Å². The van der Waals surface area contributed by atoms with Gasteiger partial charge in [-0.15, -0.1) is 0 Å². The van der Waals surface area contributed by atoms with E-state index in [1.165, 1.54) is 0 Å². The summed E-state index contributed by atoms with van der Waals surface area (Å²) in [6, 6.07) is 14.7. The van der Waals surface area contributed by atoms with Gasteiger partial charge in [0.2, 0.25) is 6.79 Å². The van der Waals surface area contributed by atoms with Gasteiger partial charge < -0.3 is 14.2 Å². The largest absolute Gasteiger partial charge is 0.461 e. The predicted molar refractivity (Wildman–Crippen MR) is 81.8 cm³/mol. The van der Waals surface area contributed by atoms with Gasteiger partial charge in [-0.25, -0.2) is 0 Å². The number of nitriles is 1. The highest BCUT2D eigenvalue weighted by Gasteiger charge is 2.13. The molecule has 5 nitrogen and oxygen atoms in total. The third-order valence-corrected chi connectivity index (χ3v) is 3.54. The van der Waals surface area contributed by atoms with Crippen molar-refractivity contribution in [2.45, 2.75) is 19.4 Å². The van der Waals surface area contributed by atoms with Gasteiger partial charge in [0.05, 0.1) is 11.6 Å². The molecule has 0 aromatic heterocycles. The van der Waals surface area contributed by atoms with Crippen LogP contribution in [0.15, 0.2) is 42.5 Å². The zero-order valence-electron chi connectivity index (χ0n) is 12.5. The standard InChI is InChI=1S/C18H15NO4/c19-10-14-1-3-15(4-2-14)11-21-18(20)8-6-13-5-7-16-17(9-13)23-12-22-16/h1-5,7,9H,6,8,11-12H2. The monoisotopic (exact) mass is 309 g/mol. The second kappa shape index (κ2) is 6.84. The highest BCUT2D eigenvalue weighted by molar-refractivity contribution is 5.69. The van der Waals surface area contributed by atoms with Crippen LogP contribution in [0.2, 0.25) is 0 Å². The van der Waals surface area contributed by atoms with Gasteiger partial charge >= 0.3 is 5.97 Å². The van der Waals surface area contributed by atoms with E-state index in [9.17, 15) is 4.79 Å². The van der Waals surface area contributed by atoms with Crippen LogP contribution in [0.3, 0.4) is 0 Å². The Kier molecular flexibility index (Phi) is 4.44. The first-order valence-electron chi connectivity index (χ1n) is 7.28. The summed E-state index contributed by atoms with van der Waals surface area (Å²) in [5, 5.41) is 8.73. The number of nitrogens with zero attached hydrogens (tertiary/aromatic N) is 1. The molecule has 2 aromatic rings. The Labute approximate surface area is 134 Å². The van der Waals surface area contributed by atoms with Gasteiger partial charge in [0.25, 0.3) is 0 Å². The molecule has 0 atom stereocenters. The molecule has 0 fully saturated rings. The Morgan fingerprint density at radius 1 is 1.09 bits per heavy atom. The maximum absolute atomic E-state index is 11.8.